The van der Waals surface area contributed by atoms with Crippen LogP contribution >= 0.6 is 0 Å². The lowest BCUT2D eigenvalue weighted by Gasteiger charge is -2.16. The van der Waals surface area contributed by atoms with Crippen molar-refractivity contribution in [3.8, 4) is 11.3 Å². The number of halogens is 2. The molecule has 4 nitrogen and oxygen atoms in total. The highest BCUT2D eigenvalue weighted by atomic mass is 19.1. The molecule has 0 fully saturated rings. The highest BCUT2D eigenvalue weighted by molar-refractivity contribution is 5.74. The zero-order valence-electron chi connectivity index (χ0n) is 15.2. The first kappa shape index (κ1) is 18.8. The number of carbonyl (C=O) groups excluding carboxylic acids is 1. The monoisotopic (exact) mass is 370 g/mol. The highest BCUT2D eigenvalue weighted by Crippen LogP contribution is 2.31. The summed E-state index contributed by atoms with van der Waals surface area (Å²) in [5.74, 6) is -1.01. The summed E-state index contributed by atoms with van der Waals surface area (Å²) in [6.45, 7) is 1.96. The first-order chi connectivity index (χ1) is 13.0. The molecular weight excluding hydrogens is 350 g/mol. The Morgan fingerprint density at radius 3 is 2.70 bits per heavy atom. The molecule has 1 aromatic heterocycles. The Bertz CT molecular complexity index is 924. The van der Waals surface area contributed by atoms with Gasteiger partial charge in [0.15, 0.2) is 0 Å². The number of esters is 1. The lowest BCUT2D eigenvalue weighted by molar-refractivity contribution is -0.141. The number of allylic oxidation sites excluding steroid dienone is 6. The van der Waals surface area contributed by atoms with Gasteiger partial charge >= 0.3 is 5.97 Å². The molecule has 1 heterocycles. The van der Waals surface area contributed by atoms with Crippen molar-refractivity contribution in [2.75, 3.05) is 7.11 Å². The maximum Gasteiger partial charge on any atom is 0.327 e. The number of carbonyl (C=O) groups is 1. The van der Waals surface area contributed by atoms with Gasteiger partial charge in [-0.05, 0) is 60.4 Å². The van der Waals surface area contributed by atoms with Crippen molar-refractivity contribution < 1.29 is 18.3 Å². The van der Waals surface area contributed by atoms with Gasteiger partial charge in [-0.1, -0.05) is 19.1 Å². The highest BCUT2D eigenvalue weighted by Gasteiger charge is 2.20. The average Bonchev–Trinajstić information content (AvgIpc) is 3.04. The normalized spacial score (nSPS) is 17.0. The second kappa shape index (κ2) is 8.12. The molecule has 0 saturated carbocycles. The Morgan fingerprint density at radius 2 is 2.00 bits per heavy atom. The molecule has 1 aromatic carbocycles. The molecule has 27 heavy (non-hydrogen) atoms. The number of nitrogens with zero attached hydrogens (tertiary/aromatic N) is 2. The molecule has 0 saturated heterocycles. The number of hydrogen-bond acceptors (Lipinski definition) is 3. The second-order valence-electron chi connectivity index (χ2n) is 6.37. The number of ether oxygens (including phenoxy) is 1. The SMILES string of the molecule is COC(=O)Cn1nc(-c2ccc(F)cc2)cc1C1=CC=C(F)C=CCC1C. The van der Waals surface area contributed by atoms with E-state index in [2.05, 4.69) is 5.10 Å². The van der Waals surface area contributed by atoms with E-state index in [0.29, 0.717) is 17.8 Å². The molecule has 6 heteroatoms. The van der Waals surface area contributed by atoms with Gasteiger partial charge < -0.3 is 4.74 Å². The van der Waals surface area contributed by atoms with Gasteiger partial charge in [0.05, 0.1) is 18.5 Å². The smallest absolute Gasteiger partial charge is 0.327 e. The van der Waals surface area contributed by atoms with Gasteiger partial charge in [0, 0.05) is 5.56 Å². The molecule has 0 radical (unpaired) electrons. The molecule has 140 valence electrons. The van der Waals surface area contributed by atoms with Crippen LogP contribution in [0.15, 0.2) is 60.5 Å². The molecule has 0 spiro atoms. The third-order valence-corrected chi connectivity index (χ3v) is 4.44. The molecule has 1 aliphatic rings. The van der Waals surface area contributed by atoms with E-state index >= 15 is 0 Å². The molecular formula is C21H20F2N2O2. The molecule has 1 aliphatic carbocycles. The van der Waals surface area contributed by atoms with Gasteiger partial charge in [-0.25, -0.2) is 8.78 Å². The minimum atomic E-state index is -0.439. The van der Waals surface area contributed by atoms with Crippen LogP contribution in [0, 0.1) is 11.7 Å². The first-order valence-corrected chi connectivity index (χ1v) is 8.63. The molecule has 0 amide bonds. The standard InChI is InChI=1S/C21H20F2N2O2/c1-14-4-3-5-16(22)10-11-18(14)20-12-19(15-6-8-17(23)9-7-15)24-25(20)13-21(26)27-2/h3,5-12,14H,4,13H2,1-2H3. The van der Waals surface area contributed by atoms with Gasteiger partial charge in [0.25, 0.3) is 0 Å². The summed E-state index contributed by atoms with van der Waals surface area (Å²) >= 11 is 0. The van der Waals surface area contributed by atoms with Gasteiger partial charge in [-0.3, -0.25) is 9.48 Å². The van der Waals surface area contributed by atoms with E-state index in [1.807, 2.05) is 13.0 Å². The summed E-state index contributed by atoms with van der Waals surface area (Å²) < 4.78 is 33.2. The van der Waals surface area contributed by atoms with E-state index in [1.165, 1.54) is 31.4 Å². The maximum atomic E-state index is 13.7. The first-order valence-electron chi connectivity index (χ1n) is 8.63. The molecule has 0 N–H and O–H groups in total. The Morgan fingerprint density at radius 1 is 1.26 bits per heavy atom. The van der Waals surface area contributed by atoms with Crippen molar-refractivity contribution in [1.82, 2.24) is 9.78 Å². The quantitative estimate of drug-likeness (QED) is 0.733. The molecule has 1 atom stereocenters. The van der Waals surface area contributed by atoms with E-state index in [9.17, 15) is 13.6 Å². The zero-order valence-corrected chi connectivity index (χ0v) is 15.2. The summed E-state index contributed by atoms with van der Waals surface area (Å²) in [7, 11) is 1.31. The van der Waals surface area contributed by atoms with Crippen molar-refractivity contribution in [3.63, 3.8) is 0 Å². The van der Waals surface area contributed by atoms with Crippen molar-refractivity contribution in [1.29, 1.82) is 0 Å². The summed E-state index contributed by atoms with van der Waals surface area (Å²) in [4.78, 5) is 11.8. The molecule has 0 bridgehead atoms. The van der Waals surface area contributed by atoms with Gasteiger partial charge in [-0.2, -0.15) is 5.10 Å². The number of hydrogen-bond donors (Lipinski definition) is 0. The average molecular weight is 370 g/mol. The van der Waals surface area contributed by atoms with Crippen LogP contribution in [0.5, 0.6) is 0 Å². The van der Waals surface area contributed by atoms with Crippen molar-refractivity contribution in [2.24, 2.45) is 5.92 Å². The Hall–Kier alpha value is -3.02. The molecule has 2 aromatic rings. The minimum absolute atomic E-state index is 0.0703. The Kier molecular flexibility index (Phi) is 5.64. The Labute approximate surface area is 156 Å². The summed E-state index contributed by atoms with van der Waals surface area (Å²) in [5.41, 5.74) is 2.89. The van der Waals surface area contributed by atoms with Gasteiger partial charge in [0.1, 0.15) is 18.2 Å². The van der Waals surface area contributed by atoms with Gasteiger partial charge in [-0.15, -0.1) is 0 Å². The molecule has 3 rings (SSSR count). The van der Waals surface area contributed by atoms with Crippen LogP contribution < -0.4 is 0 Å². The summed E-state index contributed by atoms with van der Waals surface area (Å²) in [6.07, 6.45) is 6.99. The number of aromatic nitrogens is 2. The topological polar surface area (TPSA) is 44.1 Å². The van der Waals surface area contributed by atoms with Crippen molar-refractivity contribution in [2.45, 2.75) is 19.9 Å². The van der Waals surface area contributed by atoms with Crippen LogP contribution in [0.2, 0.25) is 0 Å². The molecule has 1 unspecified atom stereocenters. The minimum Gasteiger partial charge on any atom is -0.468 e. The van der Waals surface area contributed by atoms with Crippen molar-refractivity contribution in [3.05, 3.63) is 72.0 Å². The lowest BCUT2D eigenvalue weighted by atomic mass is 9.92. The van der Waals surface area contributed by atoms with E-state index in [-0.39, 0.29) is 24.1 Å². The fourth-order valence-electron chi connectivity index (χ4n) is 2.96. The largest absolute Gasteiger partial charge is 0.468 e. The number of methoxy groups -OCH3 is 1. The second-order valence-corrected chi connectivity index (χ2v) is 6.37. The predicted molar refractivity (Wildman–Crippen MR) is 99.7 cm³/mol. The van der Waals surface area contributed by atoms with Crippen LogP contribution in [0.4, 0.5) is 8.78 Å². The zero-order chi connectivity index (χ0) is 19.4. The van der Waals surface area contributed by atoms with Crippen LogP contribution in [0.3, 0.4) is 0 Å². The predicted octanol–water partition coefficient (Wildman–Crippen LogP) is 4.70. The third-order valence-electron chi connectivity index (χ3n) is 4.44. The van der Waals surface area contributed by atoms with Gasteiger partial charge in [0.2, 0.25) is 0 Å². The van der Waals surface area contributed by atoms with E-state index in [0.717, 1.165) is 11.1 Å². The lowest BCUT2D eigenvalue weighted by Crippen LogP contribution is -2.16. The van der Waals surface area contributed by atoms with Crippen LogP contribution in [-0.4, -0.2) is 22.9 Å². The van der Waals surface area contributed by atoms with Crippen LogP contribution in [-0.2, 0) is 16.1 Å². The third kappa shape index (κ3) is 4.39. The van der Waals surface area contributed by atoms with Crippen LogP contribution in [0.25, 0.3) is 16.8 Å². The van der Waals surface area contributed by atoms with E-state index in [1.54, 1.807) is 29.0 Å². The van der Waals surface area contributed by atoms with E-state index in [4.69, 9.17) is 4.74 Å². The summed E-state index contributed by atoms with van der Waals surface area (Å²) in [5, 5.41) is 4.50. The maximum absolute atomic E-state index is 13.7. The summed E-state index contributed by atoms with van der Waals surface area (Å²) in [6, 6.07) is 7.80. The van der Waals surface area contributed by atoms with Crippen LogP contribution in [0.1, 0.15) is 19.0 Å². The van der Waals surface area contributed by atoms with Crippen molar-refractivity contribution >= 4 is 11.5 Å². The molecule has 0 aliphatic heterocycles. The number of rotatable bonds is 4. The number of benzene rings is 1. The van der Waals surface area contributed by atoms with E-state index < -0.39 is 5.97 Å². The fraction of sp³-hybridized carbons (Fsp3) is 0.238. The fourth-order valence-corrected chi connectivity index (χ4v) is 2.96. The Balaban J connectivity index is 2.09.